The molecule has 1 spiro atoms. The molecule has 0 radical (unpaired) electrons. The lowest BCUT2D eigenvalue weighted by molar-refractivity contribution is 0.0157. The third-order valence-electron chi connectivity index (χ3n) is 3.13. The number of nitrogens with one attached hydrogen (secondary N) is 1. The Morgan fingerprint density at radius 2 is 2.24 bits per heavy atom. The van der Waals surface area contributed by atoms with Gasteiger partial charge in [-0.15, -0.1) is 0 Å². The minimum Gasteiger partial charge on any atom is -0.444 e. The summed E-state index contributed by atoms with van der Waals surface area (Å²) < 4.78 is 10.9. The third kappa shape index (κ3) is 3.10. The number of rotatable bonds is 0. The van der Waals surface area contributed by atoms with Crippen molar-refractivity contribution in [2.45, 2.75) is 38.3 Å². The Morgan fingerprint density at radius 1 is 1.47 bits per heavy atom. The summed E-state index contributed by atoms with van der Waals surface area (Å²) in [5.41, 5.74) is -0.474. The van der Waals surface area contributed by atoms with Gasteiger partial charge in [-0.1, -0.05) is 0 Å². The Kier molecular flexibility index (Phi) is 3.32. The maximum Gasteiger partial charge on any atom is 0.410 e. The number of morpholine rings is 1. The van der Waals surface area contributed by atoms with Crippen LogP contribution >= 0.6 is 0 Å². The molecule has 5 nitrogen and oxygen atoms in total. The Labute approximate surface area is 102 Å². The summed E-state index contributed by atoms with van der Waals surface area (Å²) in [6, 6.07) is 0. The largest absolute Gasteiger partial charge is 0.444 e. The number of hydrogen-bond acceptors (Lipinski definition) is 4. The number of carbonyl (C=O) groups excluding carboxylic acids is 1. The van der Waals surface area contributed by atoms with Crippen LogP contribution in [-0.4, -0.2) is 55.0 Å². The standard InChI is InChI=1S/C12H22N2O3/c1-11(2,3)17-10(15)14-6-4-12(8-14)9-16-7-5-13-12/h13H,4-9H2,1-3H3. The number of carbonyl (C=O) groups is 1. The van der Waals surface area contributed by atoms with Crippen LogP contribution in [0.15, 0.2) is 0 Å². The van der Waals surface area contributed by atoms with Crippen molar-refractivity contribution in [2.75, 3.05) is 32.8 Å². The second-order valence-electron chi connectivity index (χ2n) is 5.91. The summed E-state index contributed by atoms with van der Waals surface area (Å²) in [6.07, 6.45) is 0.716. The van der Waals surface area contributed by atoms with E-state index in [-0.39, 0.29) is 11.6 Å². The molecule has 1 unspecified atom stereocenters. The van der Waals surface area contributed by atoms with Gasteiger partial charge >= 0.3 is 6.09 Å². The number of ether oxygens (including phenoxy) is 2. The lowest BCUT2D eigenvalue weighted by Gasteiger charge is -2.34. The Bertz CT molecular complexity index is 293. The Balaban J connectivity index is 1.91. The maximum atomic E-state index is 11.9. The van der Waals surface area contributed by atoms with Gasteiger partial charge in [0.2, 0.25) is 0 Å². The number of hydrogen-bond donors (Lipinski definition) is 1. The minimum absolute atomic E-state index is 0.0465. The van der Waals surface area contributed by atoms with E-state index in [1.165, 1.54) is 0 Å². The van der Waals surface area contributed by atoms with Gasteiger partial charge in [-0.2, -0.15) is 0 Å². The molecule has 2 heterocycles. The van der Waals surface area contributed by atoms with Gasteiger partial charge < -0.3 is 19.7 Å². The highest BCUT2D eigenvalue weighted by atomic mass is 16.6. The summed E-state index contributed by atoms with van der Waals surface area (Å²) in [4.78, 5) is 13.7. The lowest BCUT2D eigenvalue weighted by atomic mass is 9.99. The fourth-order valence-corrected chi connectivity index (χ4v) is 2.32. The number of amides is 1. The molecular formula is C12H22N2O3. The highest BCUT2D eigenvalue weighted by molar-refractivity contribution is 5.68. The fourth-order valence-electron chi connectivity index (χ4n) is 2.32. The molecular weight excluding hydrogens is 220 g/mol. The van der Waals surface area contributed by atoms with Crippen LogP contribution in [0.4, 0.5) is 4.79 Å². The normalized spacial score (nSPS) is 29.7. The van der Waals surface area contributed by atoms with Crippen molar-refractivity contribution in [1.82, 2.24) is 10.2 Å². The van der Waals surface area contributed by atoms with Crippen LogP contribution in [0.5, 0.6) is 0 Å². The van der Waals surface area contributed by atoms with Gasteiger partial charge in [-0.25, -0.2) is 4.79 Å². The van der Waals surface area contributed by atoms with Crippen LogP contribution in [0.25, 0.3) is 0 Å². The van der Waals surface area contributed by atoms with Gasteiger partial charge in [0.15, 0.2) is 0 Å². The van der Waals surface area contributed by atoms with Crippen molar-refractivity contribution in [2.24, 2.45) is 0 Å². The van der Waals surface area contributed by atoms with Gasteiger partial charge in [0.1, 0.15) is 5.60 Å². The maximum absolute atomic E-state index is 11.9. The van der Waals surface area contributed by atoms with Crippen LogP contribution in [0, 0.1) is 0 Å². The van der Waals surface area contributed by atoms with E-state index in [1.807, 2.05) is 20.8 Å². The van der Waals surface area contributed by atoms with Gasteiger partial charge in [-0.3, -0.25) is 0 Å². The van der Waals surface area contributed by atoms with E-state index in [0.29, 0.717) is 13.2 Å². The number of nitrogens with zero attached hydrogens (tertiary/aromatic N) is 1. The van der Waals surface area contributed by atoms with Gasteiger partial charge in [0, 0.05) is 19.6 Å². The van der Waals surface area contributed by atoms with E-state index >= 15 is 0 Å². The molecule has 0 aliphatic carbocycles. The SMILES string of the molecule is CC(C)(C)OC(=O)N1CCC2(COCCN2)C1. The second kappa shape index (κ2) is 4.46. The molecule has 5 heteroatoms. The second-order valence-corrected chi connectivity index (χ2v) is 5.91. The first-order valence-corrected chi connectivity index (χ1v) is 6.21. The molecule has 0 aromatic rings. The summed E-state index contributed by atoms with van der Waals surface area (Å²) >= 11 is 0. The molecule has 0 aromatic carbocycles. The average molecular weight is 242 g/mol. The molecule has 2 saturated heterocycles. The van der Waals surface area contributed by atoms with Crippen molar-refractivity contribution in [3.8, 4) is 0 Å². The van der Waals surface area contributed by atoms with E-state index in [2.05, 4.69) is 5.32 Å². The first kappa shape index (κ1) is 12.6. The van der Waals surface area contributed by atoms with Gasteiger partial charge in [-0.05, 0) is 27.2 Å². The summed E-state index contributed by atoms with van der Waals surface area (Å²) in [5, 5.41) is 3.47. The average Bonchev–Trinajstić information content (AvgIpc) is 2.61. The predicted octanol–water partition coefficient (Wildman–Crippen LogP) is 0.986. The Hall–Kier alpha value is -0.810. The van der Waals surface area contributed by atoms with Crippen molar-refractivity contribution in [3.05, 3.63) is 0 Å². The Morgan fingerprint density at radius 3 is 2.82 bits per heavy atom. The smallest absolute Gasteiger partial charge is 0.410 e. The molecule has 1 N–H and O–H groups in total. The van der Waals surface area contributed by atoms with E-state index in [0.717, 1.165) is 26.1 Å². The minimum atomic E-state index is -0.427. The van der Waals surface area contributed by atoms with Crippen molar-refractivity contribution >= 4 is 6.09 Å². The molecule has 1 atom stereocenters. The summed E-state index contributed by atoms with van der Waals surface area (Å²) in [5.74, 6) is 0. The van der Waals surface area contributed by atoms with Crippen molar-refractivity contribution < 1.29 is 14.3 Å². The lowest BCUT2D eigenvalue weighted by Crippen LogP contribution is -2.56. The van der Waals surface area contributed by atoms with Crippen LogP contribution in [0.1, 0.15) is 27.2 Å². The molecule has 2 rings (SSSR count). The molecule has 0 saturated carbocycles. The first-order valence-electron chi connectivity index (χ1n) is 6.21. The fraction of sp³-hybridized carbons (Fsp3) is 0.917. The molecule has 0 aromatic heterocycles. The van der Waals surface area contributed by atoms with E-state index in [9.17, 15) is 4.79 Å². The van der Waals surface area contributed by atoms with Crippen LogP contribution < -0.4 is 5.32 Å². The topological polar surface area (TPSA) is 50.8 Å². The van der Waals surface area contributed by atoms with E-state index in [1.54, 1.807) is 4.90 Å². The molecule has 2 aliphatic rings. The molecule has 2 fully saturated rings. The highest BCUT2D eigenvalue weighted by Crippen LogP contribution is 2.25. The van der Waals surface area contributed by atoms with Crippen molar-refractivity contribution in [1.29, 1.82) is 0 Å². The van der Waals surface area contributed by atoms with Crippen LogP contribution in [-0.2, 0) is 9.47 Å². The van der Waals surface area contributed by atoms with Crippen LogP contribution in [0.2, 0.25) is 0 Å². The molecule has 1 amide bonds. The first-order chi connectivity index (χ1) is 7.90. The zero-order valence-corrected chi connectivity index (χ0v) is 10.9. The van der Waals surface area contributed by atoms with Gasteiger partial charge in [0.05, 0.1) is 18.8 Å². The zero-order valence-electron chi connectivity index (χ0n) is 10.9. The highest BCUT2D eigenvalue weighted by Gasteiger charge is 2.42. The quantitative estimate of drug-likeness (QED) is 0.688. The number of likely N-dealkylation sites (tertiary alicyclic amines) is 1. The third-order valence-corrected chi connectivity index (χ3v) is 3.13. The summed E-state index contributed by atoms with van der Waals surface area (Å²) in [7, 11) is 0. The van der Waals surface area contributed by atoms with E-state index < -0.39 is 5.60 Å². The monoisotopic (exact) mass is 242 g/mol. The van der Waals surface area contributed by atoms with E-state index in [4.69, 9.17) is 9.47 Å². The van der Waals surface area contributed by atoms with Crippen molar-refractivity contribution in [3.63, 3.8) is 0 Å². The van der Waals surface area contributed by atoms with Gasteiger partial charge in [0.25, 0.3) is 0 Å². The summed E-state index contributed by atoms with van der Waals surface area (Å²) in [6.45, 7) is 9.39. The molecule has 2 aliphatic heterocycles. The van der Waals surface area contributed by atoms with Crippen LogP contribution in [0.3, 0.4) is 0 Å². The zero-order chi connectivity index (χ0) is 12.5. The molecule has 98 valence electrons. The predicted molar refractivity (Wildman–Crippen MR) is 64.0 cm³/mol. The molecule has 17 heavy (non-hydrogen) atoms. The molecule has 0 bridgehead atoms.